The number of H-pyrrole nitrogens is 1. The lowest BCUT2D eigenvalue weighted by Crippen LogP contribution is -2.31. The molecule has 0 saturated carbocycles. The minimum absolute atomic E-state index is 0.102. The van der Waals surface area contributed by atoms with Crippen LogP contribution in [0.3, 0.4) is 0 Å². The van der Waals surface area contributed by atoms with Crippen LogP contribution in [0, 0.1) is 23.0 Å². The van der Waals surface area contributed by atoms with Crippen LogP contribution in [-0.2, 0) is 11.3 Å². The molecular formula is C19H15Cl2N5OS. The number of amides is 1. The third-order valence-electron chi connectivity index (χ3n) is 4.06. The van der Waals surface area contributed by atoms with E-state index in [0.717, 1.165) is 11.1 Å². The van der Waals surface area contributed by atoms with Crippen molar-refractivity contribution in [3.05, 3.63) is 68.4 Å². The van der Waals surface area contributed by atoms with Gasteiger partial charge in [0.25, 0.3) is 0 Å². The van der Waals surface area contributed by atoms with Gasteiger partial charge in [-0.05, 0) is 31.3 Å². The lowest BCUT2D eigenvalue weighted by Gasteiger charge is -2.15. The lowest BCUT2D eigenvalue weighted by molar-refractivity contribution is -0.122. The fourth-order valence-corrected chi connectivity index (χ4v) is 3.36. The van der Waals surface area contributed by atoms with E-state index in [4.69, 9.17) is 35.4 Å². The number of nitriles is 1. The molecule has 1 unspecified atom stereocenters. The summed E-state index contributed by atoms with van der Waals surface area (Å²) in [6, 6.07) is 13.7. The summed E-state index contributed by atoms with van der Waals surface area (Å²) in [5, 5.41) is 19.6. The number of nitrogens with one attached hydrogen (secondary N) is 2. The van der Waals surface area contributed by atoms with Gasteiger partial charge in [0.1, 0.15) is 12.6 Å². The molecule has 0 spiro atoms. The van der Waals surface area contributed by atoms with Crippen LogP contribution >= 0.6 is 35.4 Å². The molecule has 0 bridgehead atoms. The molecule has 0 saturated heterocycles. The topological polar surface area (TPSA) is 86.5 Å². The van der Waals surface area contributed by atoms with E-state index in [1.807, 2.05) is 37.3 Å². The minimum atomic E-state index is -0.942. The predicted octanol–water partition coefficient (Wildman–Crippen LogP) is 4.60. The van der Waals surface area contributed by atoms with E-state index in [2.05, 4.69) is 15.5 Å². The van der Waals surface area contributed by atoms with Gasteiger partial charge in [-0.15, -0.1) is 0 Å². The van der Waals surface area contributed by atoms with Gasteiger partial charge in [-0.1, -0.05) is 59.1 Å². The molecule has 0 aliphatic carbocycles. The standard InChI is InChI=1S/C19H15Cl2N5OS/c1-11-4-2-5-12(8-11)18-24-25-19(28)26(18)10-16(27)23-15(9-22)13-6-3-7-14(20)17(13)21/h2-8,15H,10H2,1H3,(H,23,27)(H,25,28). The van der Waals surface area contributed by atoms with Gasteiger partial charge in [0.2, 0.25) is 5.91 Å². The Morgan fingerprint density at radius 2 is 2.11 bits per heavy atom. The first kappa shape index (κ1) is 20.1. The molecule has 0 aliphatic heterocycles. The highest BCUT2D eigenvalue weighted by Gasteiger charge is 2.20. The molecule has 1 atom stereocenters. The van der Waals surface area contributed by atoms with Crippen LogP contribution in [0.5, 0.6) is 0 Å². The number of hydrogen-bond donors (Lipinski definition) is 2. The maximum atomic E-state index is 12.6. The molecule has 3 aromatic rings. The summed E-state index contributed by atoms with van der Waals surface area (Å²) in [5.41, 5.74) is 2.32. The number of nitrogens with zero attached hydrogens (tertiary/aromatic N) is 3. The predicted molar refractivity (Wildman–Crippen MR) is 111 cm³/mol. The first-order valence-corrected chi connectivity index (χ1v) is 9.42. The SMILES string of the molecule is Cc1cccc(-c2n[nH]c(=S)n2CC(=O)NC(C#N)c2cccc(Cl)c2Cl)c1. The third kappa shape index (κ3) is 4.25. The largest absolute Gasteiger partial charge is 0.335 e. The molecule has 1 heterocycles. The van der Waals surface area contributed by atoms with Crippen molar-refractivity contribution < 1.29 is 4.79 Å². The van der Waals surface area contributed by atoms with Gasteiger partial charge in [0, 0.05) is 11.1 Å². The molecule has 0 fully saturated rings. The Morgan fingerprint density at radius 1 is 1.36 bits per heavy atom. The molecule has 6 nitrogen and oxygen atoms in total. The van der Waals surface area contributed by atoms with E-state index < -0.39 is 11.9 Å². The van der Waals surface area contributed by atoms with Crippen LogP contribution in [-0.4, -0.2) is 20.7 Å². The third-order valence-corrected chi connectivity index (χ3v) is 5.21. The molecular weight excluding hydrogens is 417 g/mol. The first-order chi connectivity index (χ1) is 13.4. The number of rotatable bonds is 5. The molecule has 2 aromatic carbocycles. The van der Waals surface area contributed by atoms with E-state index in [9.17, 15) is 10.1 Å². The van der Waals surface area contributed by atoms with Gasteiger partial charge in [-0.25, -0.2) is 0 Å². The van der Waals surface area contributed by atoms with Crippen molar-refractivity contribution in [2.24, 2.45) is 0 Å². The first-order valence-electron chi connectivity index (χ1n) is 8.26. The van der Waals surface area contributed by atoms with Gasteiger partial charge >= 0.3 is 0 Å². The highest BCUT2D eigenvalue weighted by atomic mass is 35.5. The van der Waals surface area contributed by atoms with Crippen LogP contribution in [0.4, 0.5) is 0 Å². The quantitative estimate of drug-likeness (QED) is 0.577. The maximum absolute atomic E-state index is 12.6. The van der Waals surface area contributed by atoms with Crippen molar-refractivity contribution in [1.29, 1.82) is 5.26 Å². The number of benzene rings is 2. The van der Waals surface area contributed by atoms with Gasteiger partial charge in [-0.3, -0.25) is 14.5 Å². The van der Waals surface area contributed by atoms with Crippen LogP contribution in [0.25, 0.3) is 11.4 Å². The second-order valence-electron chi connectivity index (χ2n) is 6.08. The van der Waals surface area contributed by atoms with Crippen LogP contribution < -0.4 is 5.32 Å². The number of aromatic nitrogens is 3. The highest BCUT2D eigenvalue weighted by Crippen LogP contribution is 2.29. The number of carbonyl (C=O) groups excluding carboxylic acids is 1. The van der Waals surface area contributed by atoms with Crippen molar-refractivity contribution in [2.45, 2.75) is 19.5 Å². The molecule has 142 valence electrons. The van der Waals surface area contributed by atoms with Gasteiger partial charge in [0.15, 0.2) is 10.6 Å². The fraction of sp³-hybridized carbons (Fsp3) is 0.158. The molecule has 9 heteroatoms. The monoisotopic (exact) mass is 431 g/mol. The van der Waals surface area contributed by atoms with E-state index in [1.165, 1.54) is 0 Å². The number of aryl methyl sites for hydroxylation is 1. The zero-order valence-electron chi connectivity index (χ0n) is 14.7. The van der Waals surface area contributed by atoms with Crippen LogP contribution in [0.15, 0.2) is 42.5 Å². The Bertz CT molecular complexity index is 1130. The molecule has 1 amide bonds. The smallest absolute Gasteiger partial charge is 0.241 e. The second kappa shape index (κ2) is 8.57. The van der Waals surface area contributed by atoms with E-state index >= 15 is 0 Å². The molecule has 3 rings (SSSR count). The molecule has 0 radical (unpaired) electrons. The van der Waals surface area contributed by atoms with E-state index in [1.54, 1.807) is 22.8 Å². The van der Waals surface area contributed by atoms with E-state index in [-0.39, 0.29) is 11.6 Å². The summed E-state index contributed by atoms with van der Waals surface area (Å²) in [5.74, 6) is 0.132. The second-order valence-corrected chi connectivity index (χ2v) is 7.25. The number of halogens is 2. The zero-order chi connectivity index (χ0) is 20.3. The van der Waals surface area contributed by atoms with Crippen LogP contribution in [0.2, 0.25) is 10.0 Å². The number of hydrogen-bond acceptors (Lipinski definition) is 4. The zero-order valence-corrected chi connectivity index (χ0v) is 17.1. The van der Waals surface area contributed by atoms with Crippen molar-refractivity contribution in [3.8, 4) is 17.5 Å². The summed E-state index contributed by atoms with van der Waals surface area (Å²) < 4.78 is 1.88. The maximum Gasteiger partial charge on any atom is 0.241 e. The average Bonchev–Trinajstić information content (AvgIpc) is 3.03. The van der Waals surface area contributed by atoms with Gasteiger partial charge in [0.05, 0.1) is 16.1 Å². The minimum Gasteiger partial charge on any atom is -0.335 e. The highest BCUT2D eigenvalue weighted by molar-refractivity contribution is 7.71. The number of aromatic amines is 1. The van der Waals surface area contributed by atoms with Crippen LogP contribution in [0.1, 0.15) is 17.2 Å². The molecule has 0 aliphatic rings. The number of carbonyl (C=O) groups is 1. The Hall–Kier alpha value is -2.66. The fourth-order valence-electron chi connectivity index (χ4n) is 2.74. The van der Waals surface area contributed by atoms with Crippen molar-refractivity contribution in [1.82, 2.24) is 20.1 Å². The summed E-state index contributed by atoms with van der Waals surface area (Å²) in [6.07, 6.45) is 0. The Balaban J connectivity index is 1.84. The Kier molecular flexibility index (Phi) is 6.15. The summed E-state index contributed by atoms with van der Waals surface area (Å²) in [4.78, 5) is 12.6. The van der Waals surface area contributed by atoms with Gasteiger partial charge < -0.3 is 5.32 Å². The lowest BCUT2D eigenvalue weighted by atomic mass is 10.1. The van der Waals surface area contributed by atoms with Gasteiger partial charge in [-0.2, -0.15) is 10.4 Å². The molecule has 1 aromatic heterocycles. The van der Waals surface area contributed by atoms with E-state index in [0.29, 0.717) is 21.2 Å². The Morgan fingerprint density at radius 3 is 2.82 bits per heavy atom. The average molecular weight is 432 g/mol. The Labute approximate surface area is 176 Å². The van der Waals surface area contributed by atoms with Crippen molar-refractivity contribution in [2.75, 3.05) is 0 Å². The molecule has 28 heavy (non-hydrogen) atoms. The summed E-state index contributed by atoms with van der Waals surface area (Å²) in [6.45, 7) is 1.86. The summed E-state index contributed by atoms with van der Waals surface area (Å²) in [7, 11) is 0. The summed E-state index contributed by atoms with van der Waals surface area (Å²) >= 11 is 17.4. The van der Waals surface area contributed by atoms with Crippen molar-refractivity contribution in [3.63, 3.8) is 0 Å². The van der Waals surface area contributed by atoms with Crippen molar-refractivity contribution >= 4 is 41.3 Å². The molecule has 2 N–H and O–H groups in total. The normalized spacial score (nSPS) is 11.6.